The second-order valence-electron chi connectivity index (χ2n) is 4.95. The Labute approximate surface area is 123 Å². The molecule has 0 amide bonds. The van der Waals surface area contributed by atoms with Crippen LogP contribution in [0.15, 0.2) is 35.0 Å². The molecule has 1 unspecified atom stereocenters. The molecule has 3 nitrogen and oxygen atoms in total. The van der Waals surface area contributed by atoms with Crippen LogP contribution in [-0.2, 0) is 6.54 Å². The third-order valence-electron chi connectivity index (χ3n) is 3.49. The van der Waals surface area contributed by atoms with E-state index in [1.54, 1.807) is 11.3 Å². The molecule has 4 heteroatoms. The molecule has 1 aliphatic heterocycles. The van der Waals surface area contributed by atoms with Crippen LogP contribution >= 0.6 is 11.3 Å². The van der Waals surface area contributed by atoms with Gasteiger partial charge in [0.25, 0.3) is 0 Å². The summed E-state index contributed by atoms with van der Waals surface area (Å²) in [5.74, 6) is 1.76. The first-order valence-electron chi connectivity index (χ1n) is 6.97. The van der Waals surface area contributed by atoms with Crippen molar-refractivity contribution in [2.45, 2.75) is 25.9 Å². The van der Waals surface area contributed by atoms with Crippen molar-refractivity contribution in [1.29, 1.82) is 0 Å². The Balaban J connectivity index is 1.71. The number of benzene rings is 1. The van der Waals surface area contributed by atoms with Gasteiger partial charge in [0.1, 0.15) is 0 Å². The van der Waals surface area contributed by atoms with E-state index >= 15 is 0 Å². The van der Waals surface area contributed by atoms with Gasteiger partial charge < -0.3 is 14.8 Å². The molecule has 1 N–H and O–H groups in total. The van der Waals surface area contributed by atoms with Crippen LogP contribution in [0.5, 0.6) is 11.5 Å². The van der Waals surface area contributed by atoms with E-state index in [-0.39, 0.29) is 0 Å². The minimum absolute atomic E-state index is 0.337. The van der Waals surface area contributed by atoms with E-state index in [1.807, 2.05) is 12.1 Å². The minimum Gasteiger partial charge on any atom is -0.490 e. The molecule has 1 aliphatic rings. The Morgan fingerprint density at radius 3 is 3.00 bits per heavy atom. The zero-order valence-electron chi connectivity index (χ0n) is 11.6. The van der Waals surface area contributed by atoms with Gasteiger partial charge in [-0.1, -0.05) is 12.1 Å². The molecule has 1 aromatic heterocycles. The fourth-order valence-electron chi connectivity index (χ4n) is 2.30. The average molecular weight is 289 g/mol. The highest BCUT2D eigenvalue weighted by Gasteiger charge is 2.15. The van der Waals surface area contributed by atoms with Crippen LogP contribution in [0.25, 0.3) is 0 Å². The molecule has 2 heterocycles. The lowest BCUT2D eigenvalue weighted by molar-refractivity contribution is 0.295. The lowest BCUT2D eigenvalue weighted by Crippen LogP contribution is -2.18. The van der Waals surface area contributed by atoms with Crippen LogP contribution in [0.2, 0.25) is 0 Å². The zero-order chi connectivity index (χ0) is 13.8. The molecule has 2 aromatic rings. The number of fused-ring (bicyclic) bond motifs is 1. The number of para-hydroxylation sites is 1. The molecule has 0 saturated heterocycles. The van der Waals surface area contributed by atoms with Crippen molar-refractivity contribution in [2.24, 2.45) is 0 Å². The fraction of sp³-hybridized carbons (Fsp3) is 0.375. The topological polar surface area (TPSA) is 30.5 Å². The molecule has 0 fully saturated rings. The van der Waals surface area contributed by atoms with Crippen molar-refractivity contribution < 1.29 is 9.47 Å². The SMILES string of the molecule is CC(NCc1cccc2c1OCCCO2)c1ccsc1. The Hall–Kier alpha value is -1.52. The van der Waals surface area contributed by atoms with Gasteiger partial charge in [0, 0.05) is 24.6 Å². The predicted molar refractivity (Wildman–Crippen MR) is 81.6 cm³/mol. The monoisotopic (exact) mass is 289 g/mol. The normalized spacial score (nSPS) is 15.7. The molecule has 1 aromatic carbocycles. The first-order valence-corrected chi connectivity index (χ1v) is 7.92. The Morgan fingerprint density at radius 2 is 2.15 bits per heavy atom. The third-order valence-corrected chi connectivity index (χ3v) is 4.20. The summed E-state index contributed by atoms with van der Waals surface area (Å²) in [4.78, 5) is 0. The molecule has 106 valence electrons. The van der Waals surface area contributed by atoms with Gasteiger partial charge in [-0.25, -0.2) is 0 Å². The number of ether oxygens (including phenoxy) is 2. The quantitative estimate of drug-likeness (QED) is 0.929. The van der Waals surface area contributed by atoms with Gasteiger partial charge in [0.05, 0.1) is 13.2 Å². The summed E-state index contributed by atoms with van der Waals surface area (Å²) in [5.41, 5.74) is 2.49. The summed E-state index contributed by atoms with van der Waals surface area (Å²) in [7, 11) is 0. The summed E-state index contributed by atoms with van der Waals surface area (Å²) in [6.45, 7) is 4.42. The smallest absolute Gasteiger partial charge is 0.165 e. The van der Waals surface area contributed by atoms with Gasteiger partial charge in [-0.3, -0.25) is 0 Å². The number of hydrogen-bond donors (Lipinski definition) is 1. The van der Waals surface area contributed by atoms with Crippen molar-refractivity contribution in [2.75, 3.05) is 13.2 Å². The van der Waals surface area contributed by atoms with Gasteiger partial charge in [-0.2, -0.15) is 11.3 Å². The van der Waals surface area contributed by atoms with E-state index in [0.717, 1.165) is 43.2 Å². The molecule has 3 rings (SSSR count). The van der Waals surface area contributed by atoms with Gasteiger partial charge in [-0.05, 0) is 35.4 Å². The molecular weight excluding hydrogens is 270 g/mol. The lowest BCUT2D eigenvalue weighted by Gasteiger charge is -2.16. The van der Waals surface area contributed by atoms with Crippen molar-refractivity contribution in [3.63, 3.8) is 0 Å². The second kappa shape index (κ2) is 6.29. The number of rotatable bonds is 4. The molecular formula is C16H19NO2S. The number of thiophene rings is 1. The molecule has 1 atom stereocenters. The van der Waals surface area contributed by atoms with Crippen LogP contribution in [0.1, 0.15) is 30.5 Å². The van der Waals surface area contributed by atoms with E-state index in [1.165, 1.54) is 5.56 Å². The predicted octanol–water partition coefficient (Wildman–Crippen LogP) is 3.76. The number of nitrogens with one attached hydrogen (secondary N) is 1. The maximum absolute atomic E-state index is 5.84. The van der Waals surface area contributed by atoms with E-state index in [9.17, 15) is 0 Å². The highest BCUT2D eigenvalue weighted by atomic mass is 32.1. The van der Waals surface area contributed by atoms with Crippen molar-refractivity contribution in [1.82, 2.24) is 5.32 Å². The van der Waals surface area contributed by atoms with Crippen LogP contribution < -0.4 is 14.8 Å². The minimum atomic E-state index is 0.337. The van der Waals surface area contributed by atoms with Gasteiger partial charge in [-0.15, -0.1) is 0 Å². The summed E-state index contributed by atoms with van der Waals surface area (Å²) < 4.78 is 11.6. The highest BCUT2D eigenvalue weighted by Crippen LogP contribution is 2.33. The van der Waals surface area contributed by atoms with Crippen LogP contribution in [0, 0.1) is 0 Å². The molecule has 0 aliphatic carbocycles. The summed E-state index contributed by atoms with van der Waals surface area (Å²) in [6, 6.07) is 8.60. The molecule has 0 bridgehead atoms. The van der Waals surface area contributed by atoms with E-state index < -0.39 is 0 Å². The van der Waals surface area contributed by atoms with Crippen molar-refractivity contribution in [3.05, 3.63) is 46.2 Å². The lowest BCUT2D eigenvalue weighted by atomic mass is 10.1. The van der Waals surface area contributed by atoms with E-state index in [2.05, 4.69) is 35.1 Å². The Morgan fingerprint density at radius 1 is 1.25 bits per heavy atom. The summed E-state index contributed by atoms with van der Waals surface area (Å²) in [6.07, 6.45) is 0.937. The zero-order valence-corrected chi connectivity index (χ0v) is 12.4. The highest BCUT2D eigenvalue weighted by molar-refractivity contribution is 7.07. The molecule has 0 saturated carbocycles. The average Bonchev–Trinajstić information content (AvgIpc) is 2.90. The van der Waals surface area contributed by atoms with E-state index in [4.69, 9.17) is 9.47 Å². The van der Waals surface area contributed by atoms with Gasteiger partial charge >= 0.3 is 0 Å². The van der Waals surface area contributed by atoms with Crippen LogP contribution in [-0.4, -0.2) is 13.2 Å². The third kappa shape index (κ3) is 2.97. The van der Waals surface area contributed by atoms with Crippen molar-refractivity contribution in [3.8, 4) is 11.5 Å². The first-order chi connectivity index (χ1) is 9.84. The van der Waals surface area contributed by atoms with Gasteiger partial charge in [0.2, 0.25) is 0 Å². The molecule has 0 radical (unpaired) electrons. The maximum Gasteiger partial charge on any atom is 0.165 e. The first kappa shape index (κ1) is 13.5. The van der Waals surface area contributed by atoms with Crippen LogP contribution in [0.3, 0.4) is 0 Å². The Kier molecular flexibility index (Phi) is 4.23. The van der Waals surface area contributed by atoms with E-state index in [0.29, 0.717) is 6.04 Å². The maximum atomic E-state index is 5.84. The Bertz CT molecular complexity index is 554. The largest absolute Gasteiger partial charge is 0.490 e. The fourth-order valence-corrected chi connectivity index (χ4v) is 3.05. The molecule has 20 heavy (non-hydrogen) atoms. The summed E-state index contributed by atoms with van der Waals surface area (Å²) >= 11 is 1.73. The number of hydrogen-bond acceptors (Lipinski definition) is 4. The second-order valence-corrected chi connectivity index (χ2v) is 5.73. The van der Waals surface area contributed by atoms with Crippen LogP contribution in [0.4, 0.5) is 0 Å². The van der Waals surface area contributed by atoms with Crippen molar-refractivity contribution >= 4 is 11.3 Å². The van der Waals surface area contributed by atoms with Gasteiger partial charge in [0.15, 0.2) is 11.5 Å². The molecule has 0 spiro atoms. The summed E-state index contributed by atoms with van der Waals surface area (Å²) in [5, 5.41) is 7.84. The standard InChI is InChI=1S/C16H19NO2S/c1-12(14-6-9-20-11-14)17-10-13-4-2-5-15-16(13)19-8-3-7-18-15/h2,4-6,9,11-12,17H,3,7-8,10H2,1H3.